The van der Waals surface area contributed by atoms with E-state index in [1.807, 2.05) is 19.1 Å². The number of hydrogen-bond donors (Lipinski definition) is 2. The predicted molar refractivity (Wildman–Crippen MR) is 97.5 cm³/mol. The van der Waals surface area contributed by atoms with Gasteiger partial charge >= 0.3 is 0 Å². The zero-order valence-electron chi connectivity index (χ0n) is 15.0. The number of ether oxygens (including phenoxy) is 2. The van der Waals surface area contributed by atoms with E-state index in [2.05, 4.69) is 27.3 Å². The average molecular weight is 334 g/mol. The fraction of sp³-hybridized carbons (Fsp3) is 0.611. The molecule has 1 fully saturated rings. The zero-order valence-corrected chi connectivity index (χ0v) is 15.0. The fourth-order valence-corrected chi connectivity index (χ4v) is 3.09. The summed E-state index contributed by atoms with van der Waals surface area (Å²) in [5, 5.41) is 3.16. The maximum atomic E-state index is 6.02. The first-order valence-electron chi connectivity index (χ1n) is 8.57. The summed E-state index contributed by atoms with van der Waals surface area (Å²) in [6.07, 6.45) is 2.49. The molecule has 3 N–H and O–H groups in total. The van der Waals surface area contributed by atoms with Gasteiger partial charge in [-0.1, -0.05) is 12.1 Å². The predicted octanol–water partition coefficient (Wildman–Crippen LogP) is 1.77. The molecule has 0 aromatic heterocycles. The quantitative estimate of drug-likeness (QED) is 0.560. The molecule has 1 aliphatic rings. The van der Waals surface area contributed by atoms with Crippen LogP contribution in [0.1, 0.15) is 31.4 Å². The van der Waals surface area contributed by atoms with Crippen molar-refractivity contribution >= 4 is 5.96 Å². The molecule has 1 heterocycles. The van der Waals surface area contributed by atoms with E-state index < -0.39 is 0 Å². The van der Waals surface area contributed by atoms with Crippen molar-refractivity contribution in [1.29, 1.82) is 0 Å². The highest BCUT2D eigenvalue weighted by atomic mass is 16.5. The standard InChI is InChI=1S/C18H30N4O2/c1-14(13-23-2)21-18(19)20-12-17(22-10-4-5-11-22)15-6-8-16(24-3)9-7-15/h6-9,14,17H,4-5,10-13H2,1-3H3,(H3,19,20,21). The monoisotopic (exact) mass is 334 g/mol. The van der Waals surface area contributed by atoms with Crippen LogP contribution in [0.15, 0.2) is 29.3 Å². The Hall–Kier alpha value is -1.79. The lowest BCUT2D eigenvalue weighted by Crippen LogP contribution is -2.41. The van der Waals surface area contributed by atoms with Crippen LogP contribution in [-0.4, -0.2) is 57.4 Å². The minimum Gasteiger partial charge on any atom is -0.497 e. The number of aliphatic imine (C=N–C) groups is 1. The highest BCUT2D eigenvalue weighted by molar-refractivity contribution is 5.78. The van der Waals surface area contributed by atoms with Gasteiger partial charge < -0.3 is 20.5 Å². The van der Waals surface area contributed by atoms with E-state index in [1.54, 1.807) is 14.2 Å². The van der Waals surface area contributed by atoms with Crippen LogP contribution >= 0.6 is 0 Å². The number of guanidine groups is 1. The van der Waals surface area contributed by atoms with Crippen LogP contribution in [0.5, 0.6) is 5.75 Å². The molecule has 0 aliphatic carbocycles. The number of hydrogen-bond acceptors (Lipinski definition) is 4. The molecule has 2 rings (SSSR count). The van der Waals surface area contributed by atoms with Crippen molar-refractivity contribution in [2.24, 2.45) is 10.7 Å². The molecule has 134 valence electrons. The Morgan fingerprint density at radius 3 is 2.50 bits per heavy atom. The van der Waals surface area contributed by atoms with Crippen LogP contribution < -0.4 is 15.8 Å². The molecule has 0 saturated carbocycles. The maximum absolute atomic E-state index is 6.02. The van der Waals surface area contributed by atoms with Crippen molar-refractivity contribution in [3.63, 3.8) is 0 Å². The summed E-state index contributed by atoms with van der Waals surface area (Å²) in [7, 11) is 3.36. The maximum Gasteiger partial charge on any atom is 0.188 e. The van der Waals surface area contributed by atoms with E-state index in [-0.39, 0.29) is 12.1 Å². The van der Waals surface area contributed by atoms with Gasteiger partial charge in [0, 0.05) is 13.2 Å². The Bertz CT molecular complexity index is 512. The van der Waals surface area contributed by atoms with Crippen LogP contribution in [0.2, 0.25) is 0 Å². The molecule has 0 spiro atoms. The normalized spacial score (nSPS) is 18.4. The Kier molecular flexibility index (Phi) is 7.34. The van der Waals surface area contributed by atoms with Crippen LogP contribution in [0, 0.1) is 0 Å². The summed E-state index contributed by atoms with van der Waals surface area (Å²) in [6, 6.07) is 8.64. The molecule has 0 radical (unpaired) electrons. The zero-order chi connectivity index (χ0) is 17.4. The summed E-state index contributed by atoms with van der Waals surface area (Å²) >= 11 is 0. The van der Waals surface area contributed by atoms with Crippen molar-refractivity contribution < 1.29 is 9.47 Å². The number of nitrogens with one attached hydrogen (secondary N) is 1. The van der Waals surface area contributed by atoms with Crippen LogP contribution in [0.3, 0.4) is 0 Å². The van der Waals surface area contributed by atoms with Gasteiger partial charge in [-0.3, -0.25) is 9.89 Å². The van der Waals surface area contributed by atoms with Crippen LogP contribution in [-0.2, 0) is 4.74 Å². The molecule has 1 saturated heterocycles. The number of methoxy groups -OCH3 is 2. The van der Waals surface area contributed by atoms with Crippen molar-refractivity contribution in [3.05, 3.63) is 29.8 Å². The fourth-order valence-electron chi connectivity index (χ4n) is 3.09. The van der Waals surface area contributed by atoms with Gasteiger partial charge in [0.15, 0.2) is 5.96 Å². The highest BCUT2D eigenvalue weighted by Gasteiger charge is 2.23. The van der Waals surface area contributed by atoms with Crippen molar-refractivity contribution in [2.45, 2.75) is 31.8 Å². The summed E-state index contributed by atoms with van der Waals surface area (Å²) in [5.41, 5.74) is 7.27. The third-order valence-corrected chi connectivity index (χ3v) is 4.33. The molecule has 6 nitrogen and oxygen atoms in total. The third kappa shape index (κ3) is 5.39. The average Bonchev–Trinajstić information content (AvgIpc) is 3.10. The van der Waals surface area contributed by atoms with E-state index in [9.17, 15) is 0 Å². The van der Waals surface area contributed by atoms with Gasteiger partial charge in [-0.05, 0) is 50.6 Å². The molecular weight excluding hydrogens is 304 g/mol. The van der Waals surface area contributed by atoms with Crippen LogP contribution in [0.4, 0.5) is 0 Å². The van der Waals surface area contributed by atoms with Crippen molar-refractivity contribution in [2.75, 3.05) is 40.5 Å². The van der Waals surface area contributed by atoms with Crippen molar-refractivity contribution in [1.82, 2.24) is 10.2 Å². The molecule has 2 atom stereocenters. The number of nitrogens with two attached hydrogens (primary N) is 1. The van der Waals surface area contributed by atoms with E-state index in [0.29, 0.717) is 19.1 Å². The number of nitrogens with zero attached hydrogens (tertiary/aromatic N) is 2. The highest BCUT2D eigenvalue weighted by Crippen LogP contribution is 2.26. The molecule has 2 unspecified atom stereocenters. The smallest absolute Gasteiger partial charge is 0.188 e. The molecule has 1 aromatic carbocycles. The Labute approximate surface area is 145 Å². The first-order chi connectivity index (χ1) is 11.6. The molecule has 0 bridgehead atoms. The minimum absolute atomic E-state index is 0.143. The lowest BCUT2D eigenvalue weighted by molar-refractivity contribution is 0.179. The molecule has 24 heavy (non-hydrogen) atoms. The number of rotatable bonds is 8. The van der Waals surface area contributed by atoms with E-state index in [4.69, 9.17) is 15.2 Å². The van der Waals surface area contributed by atoms with Gasteiger partial charge in [0.25, 0.3) is 0 Å². The Morgan fingerprint density at radius 2 is 1.92 bits per heavy atom. The second-order valence-electron chi connectivity index (χ2n) is 6.26. The number of likely N-dealkylation sites (tertiary alicyclic amines) is 1. The second kappa shape index (κ2) is 9.49. The lowest BCUT2D eigenvalue weighted by Gasteiger charge is -2.27. The summed E-state index contributed by atoms with van der Waals surface area (Å²) in [4.78, 5) is 7.05. The topological polar surface area (TPSA) is 72.1 Å². The third-order valence-electron chi connectivity index (χ3n) is 4.33. The molecule has 1 aromatic rings. The molecule has 0 amide bonds. The van der Waals surface area contributed by atoms with Gasteiger partial charge in [-0.15, -0.1) is 0 Å². The molecular formula is C18H30N4O2. The summed E-state index contributed by atoms with van der Waals surface area (Å²) < 4.78 is 10.4. The minimum atomic E-state index is 0.143. The summed E-state index contributed by atoms with van der Waals surface area (Å²) in [5.74, 6) is 1.34. The largest absolute Gasteiger partial charge is 0.497 e. The Balaban J connectivity index is 2.05. The van der Waals surface area contributed by atoms with Gasteiger partial charge in [0.2, 0.25) is 0 Å². The van der Waals surface area contributed by atoms with Gasteiger partial charge in [-0.2, -0.15) is 0 Å². The SMILES string of the molecule is COCC(C)NC(N)=NCC(c1ccc(OC)cc1)N1CCCC1. The van der Waals surface area contributed by atoms with Crippen molar-refractivity contribution in [3.8, 4) is 5.75 Å². The summed E-state index contributed by atoms with van der Waals surface area (Å²) in [6.45, 7) is 5.49. The molecule has 6 heteroatoms. The van der Waals surface area contributed by atoms with Gasteiger partial charge in [0.05, 0.1) is 26.3 Å². The van der Waals surface area contributed by atoms with E-state index >= 15 is 0 Å². The van der Waals surface area contributed by atoms with Crippen LogP contribution in [0.25, 0.3) is 0 Å². The van der Waals surface area contributed by atoms with Gasteiger partial charge in [0.1, 0.15) is 5.75 Å². The first-order valence-corrected chi connectivity index (χ1v) is 8.57. The second-order valence-corrected chi connectivity index (χ2v) is 6.26. The number of benzene rings is 1. The van der Waals surface area contributed by atoms with Gasteiger partial charge in [-0.25, -0.2) is 0 Å². The van der Waals surface area contributed by atoms with E-state index in [1.165, 1.54) is 18.4 Å². The first kappa shape index (κ1) is 18.5. The lowest BCUT2D eigenvalue weighted by atomic mass is 10.1. The van der Waals surface area contributed by atoms with E-state index in [0.717, 1.165) is 18.8 Å². The Morgan fingerprint density at radius 1 is 1.25 bits per heavy atom. The molecule has 1 aliphatic heterocycles.